The topological polar surface area (TPSA) is 83.5 Å². The number of carboxylic acid groups (broad SMARTS) is 1. The lowest BCUT2D eigenvalue weighted by atomic mass is 10.2. The van der Waals surface area contributed by atoms with Crippen LogP contribution in [0, 0.1) is 17.7 Å². The first-order chi connectivity index (χ1) is 13.3. The molecule has 0 spiro atoms. The van der Waals surface area contributed by atoms with Crippen LogP contribution in [0.3, 0.4) is 0 Å². The van der Waals surface area contributed by atoms with Crippen LogP contribution >= 0.6 is 0 Å². The van der Waals surface area contributed by atoms with Gasteiger partial charge in [-0.2, -0.15) is 0 Å². The maximum Gasteiger partial charge on any atom is 0.338 e. The van der Waals surface area contributed by atoms with Gasteiger partial charge >= 0.3 is 5.97 Å². The summed E-state index contributed by atoms with van der Waals surface area (Å²) < 4.78 is 40.9. The maximum absolute atomic E-state index is 13.5. The number of sulfonamides is 1. The van der Waals surface area contributed by atoms with Gasteiger partial charge in [0.1, 0.15) is 5.82 Å². The molecule has 0 atom stereocenters. The van der Waals surface area contributed by atoms with Crippen LogP contribution in [0.4, 0.5) is 10.1 Å². The zero-order chi connectivity index (χ0) is 20.1. The Labute approximate surface area is 161 Å². The van der Waals surface area contributed by atoms with Crippen molar-refractivity contribution in [2.45, 2.75) is 4.90 Å². The highest BCUT2D eigenvalue weighted by Gasteiger charge is 2.19. The number of carbonyl (C=O) groups is 1. The number of benzene rings is 3. The number of nitrogens with one attached hydrogen (secondary N) is 1. The Morgan fingerprint density at radius 1 is 0.893 bits per heavy atom. The zero-order valence-corrected chi connectivity index (χ0v) is 15.2. The average Bonchev–Trinajstić information content (AvgIpc) is 2.67. The van der Waals surface area contributed by atoms with Crippen LogP contribution in [-0.4, -0.2) is 19.5 Å². The Balaban J connectivity index is 1.87. The minimum Gasteiger partial charge on any atom is -0.478 e. The minimum atomic E-state index is -4.10. The van der Waals surface area contributed by atoms with E-state index >= 15 is 0 Å². The average molecular weight is 395 g/mol. The molecule has 0 saturated heterocycles. The summed E-state index contributed by atoms with van der Waals surface area (Å²) >= 11 is 0. The van der Waals surface area contributed by atoms with Gasteiger partial charge in [-0.05, 0) is 48.5 Å². The molecule has 3 rings (SSSR count). The maximum atomic E-state index is 13.5. The number of aromatic carboxylic acids is 1. The first-order valence-electron chi connectivity index (χ1n) is 8.08. The molecular weight excluding hydrogens is 381 g/mol. The Hall–Kier alpha value is -3.63. The SMILES string of the molecule is O=C(O)c1cc(S(=O)(=O)Nc2cccc(C#Cc3ccccc3)c2)ccc1F. The number of anilines is 1. The Bertz CT molecular complexity index is 1200. The number of halogens is 1. The summed E-state index contributed by atoms with van der Waals surface area (Å²) in [6, 6.07) is 18.4. The lowest BCUT2D eigenvalue weighted by Crippen LogP contribution is -2.14. The van der Waals surface area contributed by atoms with E-state index in [0.29, 0.717) is 5.56 Å². The second-order valence-corrected chi connectivity index (χ2v) is 7.43. The van der Waals surface area contributed by atoms with Gasteiger partial charge in [0.2, 0.25) is 0 Å². The van der Waals surface area contributed by atoms with Gasteiger partial charge in [0.25, 0.3) is 10.0 Å². The van der Waals surface area contributed by atoms with Crippen molar-refractivity contribution >= 4 is 21.7 Å². The van der Waals surface area contributed by atoms with Crippen molar-refractivity contribution in [3.63, 3.8) is 0 Å². The molecule has 0 aliphatic heterocycles. The van der Waals surface area contributed by atoms with Gasteiger partial charge in [-0.25, -0.2) is 17.6 Å². The normalized spacial score (nSPS) is 10.6. The molecule has 0 aliphatic rings. The third-order valence-corrected chi connectivity index (χ3v) is 5.10. The largest absolute Gasteiger partial charge is 0.478 e. The van der Waals surface area contributed by atoms with Crippen molar-refractivity contribution in [3.05, 3.63) is 95.3 Å². The lowest BCUT2D eigenvalue weighted by molar-refractivity contribution is 0.0691. The number of rotatable bonds is 4. The molecule has 28 heavy (non-hydrogen) atoms. The van der Waals surface area contributed by atoms with Crippen LogP contribution in [0.15, 0.2) is 77.7 Å². The fraction of sp³-hybridized carbons (Fsp3) is 0. The molecular formula is C21H14FNO4S. The van der Waals surface area contributed by atoms with Crippen LogP contribution < -0.4 is 4.72 Å². The number of carboxylic acids is 1. The Kier molecular flexibility index (Phi) is 5.43. The van der Waals surface area contributed by atoms with Gasteiger partial charge in [0.15, 0.2) is 0 Å². The molecule has 0 aliphatic carbocycles. The van der Waals surface area contributed by atoms with E-state index in [2.05, 4.69) is 16.6 Å². The first-order valence-corrected chi connectivity index (χ1v) is 9.56. The van der Waals surface area contributed by atoms with E-state index in [-0.39, 0.29) is 10.6 Å². The summed E-state index contributed by atoms with van der Waals surface area (Å²) in [6.07, 6.45) is 0. The molecule has 0 saturated carbocycles. The standard InChI is InChI=1S/C21H14FNO4S/c22-20-12-11-18(14-19(20)21(24)25)28(26,27)23-17-8-4-7-16(13-17)10-9-15-5-2-1-3-6-15/h1-8,11-14,23H,(H,24,25). The molecule has 0 radical (unpaired) electrons. The van der Waals surface area contributed by atoms with Gasteiger partial charge < -0.3 is 5.11 Å². The molecule has 3 aromatic rings. The van der Waals surface area contributed by atoms with Crippen molar-refractivity contribution in [1.82, 2.24) is 0 Å². The summed E-state index contributed by atoms with van der Waals surface area (Å²) in [6.45, 7) is 0. The van der Waals surface area contributed by atoms with E-state index in [0.717, 1.165) is 23.8 Å². The highest BCUT2D eigenvalue weighted by Crippen LogP contribution is 2.20. The first kappa shape index (κ1) is 19.1. The summed E-state index contributed by atoms with van der Waals surface area (Å²) in [5.41, 5.74) is 0.946. The molecule has 140 valence electrons. The number of hydrogen-bond donors (Lipinski definition) is 2. The van der Waals surface area contributed by atoms with E-state index in [1.807, 2.05) is 30.3 Å². The molecule has 0 unspecified atom stereocenters. The third-order valence-electron chi connectivity index (χ3n) is 3.72. The fourth-order valence-electron chi connectivity index (χ4n) is 2.38. The minimum absolute atomic E-state index is 0.251. The van der Waals surface area contributed by atoms with Crippen LogP contribution in [0.25, 0.3) is 0 Å². The van der Waals surface area contributed by atoms with Crippen molar-refractivity contribution in [2.75, 3.05) is 4.72 Å². The van der Waals surface area contributed by atoms with E-state index in [9.17, 15) is 17.6 Å². The van der Waals surface area contributed by atoms with Crippen LogP contribution in [0.2, 0.25) is 0 Å². The van der Waals surface area contributed by atoms with Crippen molar-refractivity contribution in [1.29, 1.82) is 0 Å². The Morgan fingerprint density at radius 2 is 1.57 bits per heavy atom. The Morgan fingerprint density at radius 3 is 2.29 bits per heavy atom. The van der Waals surface area contributed by atoms with E-state index in [1.54, 1.807) is 18.2 Å². The summed E-state index contributed by atoms with van der Waals surface area (Å²) in [7, 11) is -4.10. The summed E-state index contributed by atoms with van der Waals surface area (Å²) in [5, 5.41) is 8.96. The fourth-order valence-corrected chi connectivity index (χ4v) is 3.45. The monoisotopic (exact) mass is 395 g/mol. The highest BCUT2D eigenvalue weighted by molar-refractivity contribution is 7.92. The molecule has 7 heteroatoms. The lowest BCUT2D eigenvalue weighted by Gasteiger charge is -2.09. The highest BCUT2D eigenvalue weighted by atomic mass is 32.2. The molecule has 2 N–H and O–H groups in total. The molecule has 0 amide bonds. The van der Waals surface area contributed by atoms with Crippen molar-refractivity contribution < 1.29 is 22.7 Å². The summed E-state index contributed by atoms with van der Waals surface area (Å²) in [5.74, 6) is 3.36. The van der Waals surface area contributed by atoms with Crippen molar-refractivity contribution in [2.24, 2.45) is 0 Å². The molecule has 0 fully saturated rings. The van der Waals surface area contributed by atoms with Crippen LogP contribution in [-0.2, 0) is 10.0 Å². The quantitative estimate of drug-likeness (QED) is 0.660. The van der Waals surface area contributed by atoms with E-state index in [4.69, 9.17) is 5.11 Å². The molecule has 3 aromatic carbocycles. The van der Waals surface area contributed by atoms with Crippen molar-refractivity contribution in [3.8, 4) is 11.8 Å². The van der Waals surface area contributed by atoms with Crippen LogP contribution in [0.1, 0.15) is 21.5 Å². The van der Waals surface area contributed by atoms with E-state index < -0.39 is 27.4 Å². The van der Waals surface area contributed by atoms with Gasteiger partial charge in [0.05, 0.1) is 16.1 Å². The number of hydrogen-bond acceptors (Lipinski definition) is 3. The second kappa shape index (κ2) is 7.94. The smallest absolute Gasteiger partial charge is 0.338 e. The predicted molar refractivity (Wildman–Crippen MR) is 103 cm³/mol. The molecule has 0 aromatic heterocycles. The third kappa shape index (κ3) is 4.55. The predicted octanol–water partition coefficient (Wildman–Crippen LogP) is 3.72. The molecule has 5 nitrogen and oxygen atoms in total. The van der Waals surface area contributed by atoms with Gasteiger partial charge in [-0.1, -0.05) is 36.1 Å². The molecule has 0 heterocycles. The van der Waals surface area contributed by atoms with Crippen LogP contribution in [0.5, 0.6) is 0 Å². The summed E-state index contributed by atoms with van der Waals surface area (Å²) in [4.78, 5) is 10.7. The zero-order valence-electron chi connectivity index (χ0n) is 14.4. The van der Waals surface area contributed by atoms with Gasteiger partial charge in [-0.15, -0.1) is 0 Å². The second-order valence-electron chi connectivity index (χ2n) is 5.75. The van der Waals surface area contributed by atoms with Gasteiger partial charge in [0, 0.05) is 11.1 Å². The van der Waals surface area contributed by atoms with Gasteiger partial charge in [-0.3, -0.25) is 4.72 Å². The molecule has 0 bridgehead atoms. The van der Waals surface area contributed by atoms with E-state index in [1.165, 1.54) is 6.07 Å².